The summed E-state index contributed by atoms with van der Waals surface area (Å²) in [7, 11) is -3.31. The first kappa shape index (κ1) is 26.5. The summed E-state index contributed by atoms with van der Waals surface area (Å²) in [6, 6.07) is 22.8. The van der Waals surface area contributed by atoms with Gasteiger partial charge in [0.1, 0.15) is 17.3 Å². The molecule has 3 N–H and O–H groups in total. The third-order valence-corrected chi connectivity index (χ3v) is 6.01. The second kappa shape index (κ2) is 11.1. The molecular formula is C24H22F3N3O5S. The number of benzene rings is 3. The van der Waals surface area contributed by atoms with Gasteiger partial charge in [0.05, 0.1) is 22.5 Å². The van der Waals surface area contributed by atoms with Gasteiger partial charge in [-0.05, 0) is 55.0 Å². The molecule has 1 aromatic heterocycles. The SMILES string of the molecule is CCS(=O)(=O)Nc1ccc2nc(Cc3ccc(Oc4ccccc4)cc3)[nH]c2c1.O=C(O)C(F)(F)F. The standard InChI is InChI=1S/C22H21N3O3S.C2HF3O2/c1-2-29(26,27)25-17-10-13-20-21(15-17)24-22(23-20)14-16-8-11-19(12-9-16)28-18-6-4-3-5-7-18;3-2(4,5)1(6)7/h3-13,15,25H,2,14H2,1H3,(H,23,24);(H,6,7). The van der Waals surface area contributed by atoms with Crippen LogP contribution in [0.25, 0.3) is 11.0 Å². The van der Waals surface area contributed by atoms with Crippen LogP contribution < -0.4 is 9.46 Å². The number of sulfonamides is 1. The zero-order valence-electron chi connectivity index (χ0n) is 18.9. The Labute approximate surface area is 204 Å². The van der Waals surface area contributed by atoms with E-state index in [4.69, 9.17) is 14.6 Å². The molecule has 0 bridgehead atoms. The fraction of sp³-hybridized carbons (Fsp3) is 0.167. The number of alkyl halides is 3. The molecule has 3 aromatic carbocycles. The van der Waals surface area contributed by atoms with Crippen molar-refractivity contribution in [2.45, 2.75) is 19.5 Å². The number of aliphatic carboxylic acids is 1. The number of fused-ring (bicyclic) bond motifs is 1. The lowest BCUT2D eigenvalue weighted by molar-refractivity contribution is -0.192. The molecule has 0 fully saturated rings. The summed E-state index contributed by atoms with van der Waals surface area (Å²) < 4.78 is 63.6. The Balaban J connectivity index is 0.000000454. The van der Waals surface area contributed by atoms with Gasteiger partial charge in [-0.3, -0.25) is 4.72 Å². The van der Waals surface area contributed by atoms with Gasteiger partial charge in [-0.25, -0.2) is 18.2 Å². The highest BCUT2D eigenvalue weighted by Gasteiger charge is 2.38. The molecule has 0 aliphatic carbocycles. The summed E-state index contributed by atoms with van der Waals surface area (Å²) in [6.45, 7) is 1.60. The van der Waals surface area contributed by atoms with Crippen molar-refractivity contribution in [3.05, 3.63) is 84.2 Å². The smallest absolute Gasteiger partial charge is 0.475 e. The van der Waals surface area contributed by atoms with Crippen LogP contribution in [0, 0.1) is 0 Å². The van der Waals surface area contributed by atoms with Crippen molar-refractivity contribution < 1.29 is 36.2 Å². The van der Waals surface area contributed by atoms with E-state index in [9.17, 15) is 21.6 Å². The summed E-state index contributed by atoms with van der Waals surface area (Å²) in [5.74, 6) is -0.340. The molecule has 36 heavy (non-hydrogen) atoms. The predicted octanol–water partition coefficient (Wildman–Crippen LogP) is 5.34. The van der Waals surface area contributed by atoms with E-state index < -0.39 is 22.2 Å². The number of hydrogen-bond acceptors (Lipinski definition) is 5. The Morgan fingerprint density at radius 2 is 1.64 bits per heavy atom. The summed E-state index contributed by atoms with van der Waals surface area (Å²) in [5, 5.41) is 7.12. The molecular weight excluding hydrogens is 499 g/mol. The number of imidazole rings is 1. The van der Waals surface area contributed by atoms with E-state index >= 15 is 0 Å². The number of ether oxygens (including phenoxy) is 1. The minimum atomic E-state index is -5.08. The highest BCUT2D eigenvalue weighted by atomic mass is 32.2. The average Bonchev–Trinajstić information content (AvgIpc) is 3.22. The molecule has 8 nitrogen and oxygen atoms in total. The Morgan fingerprint density at radius 1 is 1.03 bits per heavy atom. The number of carboxylic acids is 1. The molecule has 0 unspecified atom stereocenters. The van der Waals surface area contributed by atoms with Crippen LogP contribution >= 0.6 is 0 Å². The van der Waals surface area contributed by atoms with Crippen LogP contribution in [-0.2, 0) is 21.2 Å². The first-order chi connectivity index (χ1) is 16.9. The second-order valence-corrected chi connectivity index (χ2v) is 9.47. The lowest BCUT2D eigenvalue weighted by Crippen LogP contribution is -2.21. The summed E-state index contributed by atoms with van der Waals surface area (Å²) >= 11 is 0. The van der Waals surface area contributed by atoms with E-state index in [1.54, 1.807) is 25.1 Å². The van der Waals surface area contributed by atoms with Gasteiger partial charge >= 0.3 is 12.1 Å². The first-order valence-corrected chi connectivity index (χ1v) is 12.2. The summed E-state index contributed by atoms with van der Waals surface area (Å²) in [5.41, 5.74) is 3.21. The van der Waals surface area contributed by atoms with Gasteiger partial charge in [0.2, 0.25) is 10.0 Å². The van der Waals surface area contributed by atoms with E-state index in [2.05, 4.69) is 14.7 Å². The Kier molecular flexibility index (Phi) is 8.20. The fourth-order valence-electron chi connectivity index (χ4n) is 2.95. The number of rotatable bonds is 7. The van der Waals surface area contributed by atoms with E-state index in [1.807, 2.05) is 54.6 Å². The highest BCUT2D eigenvalue weighted by molar-refractivity contribution is 7.92. The number of anilines is 1. The number of nitrogens with one attached hydrogen (secondary N) is 2. The van der Waals surface area contributed by atoms with Gasteiger partial charge in [-0.15, -0.1) is 0 Å². The minimum absolute atomic E-state index is 0.0310. The normalized spacial score (nSPS) is 11.4. The number of carbonyl (C=O) groups is 1. The highest BCUT2D eigenvalue weighted by Crippen LogP contribution is 2.23. The molecule has 12 heteroatoms. The Bertz CT molecular complexity index is 1420. The van der Waals surface area contributed by atoms with Crippen LogP contribution in [0.15, 0.2) is 72.8 Å². The predicted molar refractivity (Wildman–Crippen MR) is 129 cm³/mol. The third-order valence-electron chi connectivity index (χ3n) is 4.70. The van der Waals surface area contributed by atoms with Gasteiger partial charge in [0.25, 0.3) is 0 Å². The maximum absolute atomic E-state index is 11.7. The monoisotopic (exact) mass is 521 g/mol. The van der Waals surface area contributed by atoms with Gasteiger partial charge < -0.3 is 14.8 Å². The van der Waals surface area contributed by atoms with E-state index in [0.717, 1.165) is 33.9 Å². The minimum Gasteiger partial charge on any atom is -0.475 e. The van der Waals surface area contributed by atoms with Crippen molar-refractivity contribution in [1.29, 1.82) is 0 Å². The fourth-order valence-corrected chi connectivity index (χ4v) is 3.59. The molecule has 190 valence electrons. The largest absolute Gasteiger partial charge is 0.490 e. The second-order valence-electron chi connectivity index (χ2n) is 7.46. The summed E-state index contributed by atoms with van der Waals surface area (Å²) in [4.78, 5) is 16.8. The van der Waals surface area contributed by atoms with Crippen LogP contribution in [0.3, 0.4) is 0 Å². The van der Waals surface area contributed by atoms with Crippen molar-refractivity contribution in [1.82, 2.24) is 9.97 Å². The van der Waals surface area contributed by atoms with Crippen LogP contribution in [0.2, 0.25) is 0 Å². The number of carboxylic acid groups (broad SMARTS) is 1. The number of aromatic nitrogens is 2. The van der Waals surface area contributed by atoms with Crippen molar-refractivity contribution in [3.63, 3.8) is 0 Å². The number of nitrogens with zero attached hydrogens (tertiary/aromatic N) is 1. The lowest BCUT2D eigenvalue weighted by Gasteiger charge is -2.06. The number of para-hydroxylation sites is 1. The molecule has 0 radical (unpaired) electrons. The quantitative estimate of drug-likeness (QED) is 0.302. The van der Waals surface area contributed by atoms with E-state index in [1.165, 1.54) is 0 Å². The molecule has 4 aromatic rings. The lowest BCUT2D eigenvalue weighted by atomic mass is 10.1. The molecule has 1 heterocycles. The summed E-state index contributed by atoms with van der Waals surface area (Å²) in [6.07, 6.45) is -4.45. The van der Waals surface area contributed by atoms with Crippen LogP contribution in [0.1, 0.15) is 18.3 Å². The number of aromatic amines is 1. The van der Waals surface area contributed by atoms with Gasteiger partial charge in [-0.1, -0.05) is 30.3 Å². The number of hydrogen-bond donors (Lipinski definition) is 3. The number of H-pyrrole nitrogens is 1. The van der Waals surface area contributed by atoms with Crippen molar-refractivity contribution >= 4 is 32.7 Å². The van der Waals surface area contributed by atoms with E-state index in [0.29, 0.717) is 12.1 Å². The maximum atomic E-state index is 11.7. The molecule has 0 aliphatic rings. The van der Waals surface area contributed by atoms with Crippen molar-refractivity contribution in [2.24, 2.45) is 0 Å². The van der Waals surface area contributed by atoms with Crippen molar-refractivity contribution in [3.8, 4) is 11.5 Å². The average molecular weight is 522 g/mol. The Morgan fingerprint density at radius 3 is 2.22 bits per heavy atom. The number of halogens is 3. The van der Waals surface area contributed by atoms with Crippen molar-refractivity contribution in [2.75, 3.05) is 10.5 Å². The van der Waals surface area contributed by atoms with E-state index in [-0.39, 0.29) is 5.75 Å². The molecule has 4 rings (SSSR count). The van der Waals surface area contributed by atoms with Crippen LogP contribution in [-0.4, -0.2) is 41.4 Å². The zero-order chi connectivity index (χ0) is 26.3. The van der Waals surface area contributed by atoms with Crippen LogP contribution in [0.4, 0.5) is 18.9 Å². The zero-order valence-corrected chi connectivity index (χ0v) is 19.7. The first-order valence-electron chi connectivity index (χ1n) is 10.6. The molecule has 0 atom stereocenters. The topological polar surface area (TPSA) is 121 Å². The van der Waals surface area contributed by atoms with Gasteiger partial charge in [0, 0.05) is 6.42 Å². The van der Waals surface area contributed by atoms with Gasteiger partial charge in [0.15, 0.2) is 0 Å². The molecule has 0 aliphatic heterocycles. The third kappa shape index (κ3) is 7.73. The Hall–Kier alpha value is -4.06. The maximum Gasteiger partial charge on any atom is 0.490 e. The van der Waals surface area contributed by atoms with Gasteiger partial charge in [-0.2, -0.15) is 13.2 Å². The molecule has 0 spiro atoms. The molecule has 0 saturated carbocycles. The molecule has 0 amide bonds. The van der Waals surface area contributed by atoms with Crippen LogP contribution in [0.5, 0.6) is 11.5 Å². The molecule has 0 saturated heterocycles.